The Balaban J connectivity index is 2.22. The molecule has 0 radical (unpaired) electrons. The normalized spacial score (nSPS) is 10.8. The van der Waals surface area contributed by atoms with E-state index in [2.05, 4.69) is 30.9 Å². The molecule has 3 rings (SSSR count). The van der Waals surface area contributed by atoms with Crippen LogP contribution in [0.2, 0.25) is 0 Å². The number of aromatic amines is 1. The lowest BCUT2D eigenvalue weighted by Gasteiger charge is -1.96. The number of aromatic nitrogens is 3. The highest BCUT2D eigenvalue weighted by molar-refractivity contribution is 9.10. The van der Waals surface area contributed by atoms with Crippen molar-refractivity contribution >= 4 is 33.1 Å². The Morgan fingerprint density at radius 2 is 2.16 bits per heavy atom. The van der Waals surface area contributed by atoms with E-state index in [0.717, 1.165) is 10.0 Å². The Bertz CT molecular complexity index is 782. The van der Waals surface area contributed by atoms with Crippen molar-refractivity contribution in [1.29, 1.82) is 0 Å². The van der Waals surface area contributed by atoms with E-state index in [1.807, 2.05) is 24.3 Å². The lowest BCUT2D eigenvalue weighted by atomic mass is 10.2. The van der Waals surface area contributed by atoms with E-state index in [9.17, 15) is 4.79 Å². The van der Waals surface area contributed by atoms with Gasteiger partial charge >= 0.3 is 5.97 Å². The number of hydrogen-bond donors (Lipinski definition) is 2. The first-order valence-electron chi connectivity index (χ1n) is 5.49. The average molecular weight is 318 g/mol. The molecule has 0 fully saturated rings. The highest BCUT2D eigenvalue weighted by Crippen LogP contribution is 2.23. The third-order valence-electron chi connectivity index (χ3n) is 2.72. The smallest absolute Gasteiger partial charge is 0.338 e. The van der Waals surface area contributed by atoms with Crippen molar-refractivity contribution in [1.82, 2.24) is 15.0 Å². The molecule has 3 aromatic rings. The van der Waals surface area contributed by atoms with E-state index in [0.29, 0.717) is 17.0 Å². The molecule has 5 nitrogen and oxygen atoms in total. The van der Waals surface area contributed by atoms with E-state index < -0.39 is 5.97 Å². The van der Waals surface area contributed by atoms with Crippen molar-refractivity contribution in [3.05, 3.63) is 46.6 Å². The summed E-state index contributed by atoms with van der Waals surface area (Å²) in [6.07, 6.45) is 1.44. The summed E-state index contributed by atoms with van der Waals surface area (Å²) in [5.74, 6) is -0.408. The van der Waals surface area contributed by atoms with Crippen molar-refractivity contribution < 1.29 is 9.90 Å². The van der Waals surface area contributed by atoms with E-state index in [-0.39, 0.29) is 5.56 Å². The molecule has 0 saturated heterocycles. The molecule has 0 aliphatic heterocycles. The number of carboxylic acid groups (broad SMARTS) is 1. The highest BCUT2D eigenvalue weighted by atomic mass is 79.9. The maximum Gasteiger partial charge on any atom is 0.338 e. The summed E-state index contributed by atoms with van der Waals surface area (Å²) in [7, 11) is 0. The van der Waals surface area contributed by atoms with Gasteiger partial charge in [0.25, 0.3) is 0 Å². The number of hydrogen-bond acceptors (Lipinski definition) is 3. The van der Waals surface area contributed by atoms with Crippen LogP contribution in [0.1, 0.15) is 10.4 Å². The number of pyridine rings is 1. The molecule has 19 heavy (non-hydrogen) atoms. The molecular formula is C13H8BrN3O2. The molecule has 0 unspecified atom stereocenters. The number of nitrogens with one attached hydrogen (secondary N) is 1. The molecule has 0 amide bonds. The molecule has 2 aromatic heterocycles. The quantitative estimate of drug-likeness (QED) is 0.761. The molecular weight excluding hydrogens is 310 g/mol. The van der Waals surface area contributed by atoms with Crippen LogP contribution in [0, 0.1) is 0 Å². The zero-order chi connectivity index (χ0) is 13.4. The van der Waals surface area contributed by atoms with Gasteiger partial charge in [0.1, 0.15) is 5.82 Å². The molecule has 0 saturated carbocycles. The lowest BCUT2D eigenvalue weighted by Crippen LogP contribution is -1.97. The molecule has 1 aromatic carbocycles. The zero-order valence-corrected chi connectivity index (χ0v) is 11.2. The summed E-state index contributed by atoms with van der Waals surface area (Å²) >= 11 is 3.39. The predicted octanol–water partition coefficient (Wildman–Crippen LogP) is 3.09. The van der Waals surface area contributed by atoms with Crippen molar-refractivity contribution in [2.45, 2.75) is 0 Å². The molecule has 0 aliphatic carbocycles. The van der Waals surface area contributed by atoms with Crippen LogP contribution in [0.25, 0.3) is 22.6 Å². The van der Waals surface area contributed by atoms with Crippen LogP contribution in [0.4, 0.5) is 0 Å². The average Bonchev–Trinajstić information content (AvgIpc) is 2.82. The highest BCUT2D eigenvalue weighted by Gasteiger charge is 2.13. The van der Waals surface area contributed by atoms with Gasteiger partial charge in [0.15, 0.2) is 5.65 Å². The predicted molar refractivity (Wildman–Crippen MR) is 74.0 cm³/mol. The van der Waals surface area contributed by atoms with E-state index in [4.69, 9.17) is 5.11 Å². The summed E-state index contributed by atoms with van der Waals surface area (Å²) in [4.78, 5) is 22.5. The number of carbonyl (C=O) groups is 1. The van der Waals surface area contributed by atoms with Gasteiger partial charge in [-0.3, -0.25) is 0 Å². The molecule has 6 heteroatoms. The van der Waals surface area contributed by atoms with Crippen LogP contribution in [-0.2, 0) is 0 Å². The minimum atomic E-state index is -1.00. The Labute approximate surface area is 116 Å². The largest absolute Gasteiger partial charge is 0.478 e. The first-order chi connectivity index (χ1) is 9.15. The number of carboxylic acids is 1. The number of fused-ring (bicyclic) bond motifs is 1. The fourth-order valence-corrected chi connectivity index (χ4v) is 2.26. The third kappa shape index (κ3) is 2.10. The fraction of sp³-hybridized carbons (Fsp3) is 0. The zero-order valence-electron chi connectivity index (χ0n) is 9.59. The van der Waals surface area contributed by atoms with Gasteiger partial charge in [-0.2, -0.15) is 0 Å². The second-order valence-electron chi connectivity index (χ2n) is 3.96. The van der Waals surface area contributed by atoms with E-state index in [1.165, 1.54) is 12.3 Å². The van der Waals surface area contributed by atoms with E-state index in [1.54, 1.807) is 0 Å². The summed E-state index contributed by atoms with van der Waals surface area (Å²) in [5.41, 5.74) is 1.86. The molecule has 2 heterocycles. The number of nitrogens with zero attached hydrogens (tertiary/aromatic N) is 2. The number of rotatable bonds is 2. The van der Waals surface area contributed by atoms with Crippen LogP contribution >= 0.6 is 15.9 Å². The number of imidazole rings is 1. The fourth-order valence-electron chi connectivity index (χ4n) is 1.86. The summed E-state index contributed by atoms with van der Waals surface area (Å²) in [6.45, 7) is 0. The molecule has 0 atom stereocenters. The SMILES string of the molecule is O=C(O)c1ccnc2nc(-c3cccc(Br)c3)[nH]c12. The molecule has 0 spiro atoms. The van der Waals surface area contributed by atoms with Crippen LogP contribution < -0.4 is 0 Å². The van der Waals surface area contributed by atoms with Gasteiger partial charge in [-0.05, 0) is 18.2 Å². The van der Waals surface area contributed by atoms with Crippen LogP contribution in [0.3, 0.4) is 0 Å². The van der Waals surface area contributed by atoms with Gasteiger partial charge in [0.2, 0.25) is 0 Å². The number of H-pyrrole nitrogens is 1. The van der Waals surface area contributed by atoms with Crippen molar-refractivity contribution in [3.8, 4) is 11.4 Å². The Morgan fingerprint density at radius 3 is 2.89 bits per heavy atom. The lowest BCUT2D eigenvalue weighted by molar-refractivity contribution is 0.0699. The second kappa shape index (κ2) is 4.47. The Morgan fingerprint density at radius 1 is 1.32 bits per heavy atom. The minimum absolute atomic E-state index is 0.166. The summed E-state index contributed by atoms with van der Waals surface area (Å²) < 4.78 is 0.928. The first kappa shape index (κ1) is 11.9. The standard InChI is InChI=1S/C13H8BrN3O2/c14-8-3-1-2-7(6-8)11-16-10-9(13(18)19)4-5-15-12(10)17-11/h1-6H,(H,18,19)(H,15,16,17). The van der Waals surface area contributed by atoms with Gasteiger partial charge in [-0.25, -0.2) is 14.8 Å². The topological polar surface area (TPSA) is 78.9 Å². The van der Waals surface area contributed by atoms with Crippen LogP contribution in [-0.4, -0.2) is 26.0 Å². The van der Waals surface area contributed by atoms with Crippen molar-refractivity contribution in [3.63, 3.8) is 0 Å². The van der Waals surface area contributed by atoms with Gasteiger partial charge < -0.3 is 10.1 Å². The van der Waals surface area contributed by atoms with E-state index >= 15 is 0 Å². The molecule has 94 valence electrons. The van der Waals surface area contributed by atoms with Crippen LogP contribution in [0.5, 0.6) is 0 Å². The number of halogens is 1. The Hall–Kier alpha value is -2.21. The molecule has 0 bridgehead atoms. The van der Waals surface area contributed by atoms with Crippen molar-refractivity contribution in [2.24, 2.45) is 0 Å². The molecule has 0 aliphatic rings. The van der Waals surface area contributed by atoms with Gasteiger partial charge in [-0.15, -0.1) is 0 Å². The van der Waals surface area contributed by atoms with Gasteiger partial charge in [-0.1, -0.05) is 28.1 Å². The minimum Gasteiger partial charge on any atom is -0.478 e. The maximum absolute atomic E-state index is 11.1. The monoisotopic (exact) mass is 317 g/mol. The second-order valence-corrected chi connectivity index (χ2v) is 4.87. The molecule has 2 N–H and O–H groups in total. The van der Waals surface area contributed by atoms with Gasteiger partial charge in [0, 0.05) is 16.2 Å². The maximum atomic E-state index is 11.1. The summed E-state index contributed by atoms with van der Waals surface area (Å²) in [6, 6.07) is 9.04. The van der Waals surface area contributed by atoms with Crippen molar-refractivity contribution in [2.75, 3.05) is 0 Å². The number of aromatic carboxylic acids is 1. The summed E-state index contributed by atoms with van der Waals surface area (Å²) in [5, 5.41) is 9.12. The third-order valence-corrected chi connectivity index (χ3v) is 3.21. The first-order valence-corrected chi connectivity index (χ1v) is 6.28. The van der Waals surface area contributed by atoms with Gasteiger partial charge in [0.05, 0.1) is 11.1 Å². The number of benzene rings is 1. The van der Waals surface area contributed by atoms with Crippen LogP contribution in [0.15, 0.2) is 41.0 Å². The Kier molecular flexibility index (Phi) is 2.79.